The number of hydrogen-bond acceptors (Lipinski definition) is 1. The minimum atomic E-state index is -0.124. The largest absolute Gasteiger partial charge is 0.310 e. The van der Waals surface area contributed by atoms with Gasteiger partial charge in [0.25, 0.3) is 0 Å². The molecule has 0 aromatic heterocycles. The summed E-state index contributed by atoms with van der Waals surface area (Å²) in [5, 5.41) is 3.53. The third-order valence-electron chi connectivity index (χ3n) is 4.52. The Bertz CT molecular complexity index is 452. The van der Waals surface area contributed by atoms with E-state index in [1.54, 1.807) is 6.07 Å². The van der Waals surface area contributed by atoms with E-state index in [1.807, 2.05) is 12.1 Å². The van der Waals surface area contributed by atoms with Gasteiger partial charge < -0.3 is 5.32 Å². The van der Waals surface area contributed by atoms with E-state index in [9.17, 15) is 4.39 Å². The van der Waals surface area contributed by atoms with Gasteiger partial charge in [0.1, 0.15) is 5.82 Å². The third kappa shape index (κ3) is 2.48. The van der Waals surface area contributed by atoms with Gasteiger partial charge in [0.15, 0.2) is 0 Å². The molecule has 0 bridgehead atoms. The molecule has 2 saturated carbocycles. The van der Waals surface area contributed by atoms with E-state index in [0.717, 1.165) is 22.5 Å². The molecule has 1 aromatic rings. The highest BCUT2D eigenvalue weighted by atomic mass is 79.9. The molecule has 98 valence electrons. The molecule has 3 rings (SSSR count). The Hall–Kier alpha value is -0.410. The predicted molar refractivity (Wildman–Crippen MR) is 74.9 cm³/mol. The topological polar surface area (TPSA) is 12.0 Å². The number of rotatable bonds is 5. The summed E-state index contributed by atoms with van der Waals surface area (Å²) in [5.41, 5.74) is 1.34. The van der Waals surface area contributed by atoms with Crippen molar-refractivity contribution in [2.75, 3.05) is 6.54 Å². The molecule has 1 nitrogen and oxygen atoms in total. The van der Waals surface area contributed by atoms with E-state index in [1.165, 1.54) is 25.7 Å². The second-order valence-electron chi connectivity index (χ2n) is 5.91. The van der Waals surface area contributed by atoms with Crippen molar-refractivity contribution in [2.24, 2.45) is 11.3 Å². The van der Waals surface area contributed by atoms with Crippen molar-refractivity contribution >= 4 is 15.9 Å². The molecule has 1 atom stereocenters. The van der Waals surface area contributed by atoms with Crippen molar-refractivity contribution in [3.05, 3.63) is 34.1 Å². The molecule has 0 radical (unpaired) electrons. The van der Waals surface area contributed by atoms with Crippen LogP contribution in [0.25, 0.3) is 0 Å². The van der Waals surface area contributed by atoms with Gasteiger partial charge in [0.05, 0.1) is 0 Å². The first-order valence-corrected chi connectivity index (χ1v) is 7.58. The minimum absolute atomic E-state index is 0.0920. The van der Waals surface area contributed by atoms with Crippen LogP contribution in [0.15, 0.2) is 22.7 Å². The Labute approximate surface area is 116 Å². The fourth-order valence-electron chi connectivity index (χ4n) is 2.90. The zero-order valence-corrected chi connectivity index (χ0v) is 12.3. The average Bonchev–Trinajstić information content (AvgIpc) is 3.17. The Kier molecular flexibility index (Phi) is 3.23. The smallest absolute Gasteiger partial charge is 0.129 e. The van der Waals surface area contributed by atoms with Crippen molar-refractivity contribution in [1.82, 2.24) is 5.32 Å². The van der Waals surface area contributed by atoms with Crippen LogP contribution in [0.4, 0.5) is 4.39 Å². The van der Waals surface area contributed by atoms with E-state index in [-0.39, 0.29) is 11.9 Å². The van der Waals surface area contributed by atoms with Crippen LogP contribution in [0.3, 0.4) is 0 Å². The first kappa shape index (κ1) is 12.6. The molecule has 1 unspecified atom stereocenters. The molecule has 0 saturated heterocycles. The lowest BCUT2D eigenvalue weighted by Gasteiger charge is -2.20. The van der Waals surface area contributed by atoms with Crippen molar-refractivity contribution in [2.45, 2.75) is 38.6 Å². The van der Waals surface area contributed by atoms with Crippen molar-refractivity contribution in [3.63, 3.8) is 0 Å². The lowest BCUT2D eigenvalue weighted by molar-refractivity contribution is 0.378. The van der Waals surface area contributed by atoms with E-state index in [2.05, 4.69) is 28.2 Å². The minimum Gasteiger partial charge on any atom is -0.310 e. The van der Waals surface area contributed by atoms with Gasteiger partial charge in [-0.1, -0.05) is 22.0 Å². The van der Waals surface area contributed by atoms with Crippen molar-refractivity contribution < 1.29 is 4.39 Å². The number of halogens is 2. The molecule has 18 heavy (non-hydrogen) atoms. The summed E-state index contributed by atoms with van der Waals surface area (Å²) in [6, 6.07) is 5.41. The molecule has 0 heterocycles. The van der Waals surface area contributed by atoms with Crippen LogP contribution in [0.1, 0.15) is 44.2 Å². The summed E-state index contributed by atoms with van der Waals surface area (Å²) in [5.74, 6) is 0.826. The van der Waals surface area contributed by atoms with Crippen molar-refractivity contribution in [1.29, 1.82) is 0 Å². The van der Waals surface area contributed by atoms with Gasteiger partial charge in [0, 0.05) is 22.6 Å². The Balaban J connectivity index is 1.62. The number of hydrogen-bond donors (Lipinski definition) is 1. The zero-order valence-electron chi connectivity index (χ0n) is 10.7. The summed E-state index contributed by atoms with van der Waals surface area (Å²) in [4.78, 5) is 0. The van der Waals surface area contributed by atoms with E-state index >= 15 is 0 Å². The summed E-state index contributed by atoms with van der Waals surface area (Å²) in [7, 11) is 0. The second kappa shape index (κ2) is 4.61. The summed E-state index contributed by atoms with van der Waals surface area (Å²) >= 11 is 3.29. The van der Waals surface area contributed by atoms with Gasteiger partial charge in [-0.2, -0.15) is 0 Å². The first-order valence-electron chi connectivity index (χ1n) is 6.79. The van der Waals surface area contributed by atoms with Crippen molar-refractivity contribution in [3.8, 4) is 0 Å². The highest BCUT2D eigenvalue weighted by Gasteiger charge is 2.53. The second-order valence-corrected chi connectivity index (χ2v) is 6.82. The van der Waals surface area contributed by atoms with Crippen LogP contribution in [0.2, 0.25) is 0 Å². The summed E-state index contributed by atoms with van der Waals surface area (Å²) < 4.78 is 14.6. The Morgan fingerprint density at radius 1 is 1.44 bits per heavy atom. The molecule has 1 N–H and O–H groups in total. The van der Waals surface area contributed by atoms with Gasteiger partial charge in [-0.15, -0.1) is 0 Å². The molecule has 2 fully saturated rings. The highest BCUT2D eigenvalue weighted by molar-refractivity contribution is 9.10. The Morgan fingerprint density at radius 3 is 2.72 bits per heavy atom. The standard InChI is InChI=1S/C15H19BrFN/c1-10(13-5-4-12(16)8-14(13)17)18-9-15(6-7-15)11-2-3-11/h4-5,8,10-11,18H,2-3,6-7,9H2,1H3. The lowest BCUT2D eigenvalue weighted by atomic mass is 9.99. The monoisotopic (exact) mass is 311 g/mol. The number of nitrogens with one attached hydrogen (secondary N) is 1. The SMILES string of the molecule is CC(NCC1(C2CC2)CC1)c1ccc(Br)cc1F. The average molecular weight is 312 g/mol. The maximum atomic E-state index is 13.8. The van der Waals surface area contributed by atoms with Gasteiger partial charge in [-0.3, -0.25) is 0 Å². The van der Waals surface area contributed by atoms with Crippen LogP contribution in [0.5, 0.6) is 0 Å². The normalized spacial score (nSPS) is 22.8. The molecular weight excluding hydrogens is 293 g/mol. The van der Waals surface area contributed by atoms with Gasteiger partial charge >= 0.3 is 0 Å². The van der Waals surface area contributed by atoms with E-state index in [4.69, 9.17) is 0 Å². The molecule has 0 spiro atoms. The molecule has 1 aromatic carbocycles. The maximum Gasteiger partial charge on any atom is 0.129 e. The zero-order chi connectivity index (χ0) is 12.8. The molecular formula is C15H19BrFN. The lowest BCUT2D eigenvalue weighted by Crippen LogP contribution is -2.28. The molecule has 0 aliphatic heterocycles. The Morgan fingerprint density at radius 2 is 2.17 bits per heavy atom. The molecule has 2 aliphatic rings. The fourth-order valence-corrected chi connectivity index (χ4v) is 3.24. The van der Waals surface area contributed by atoms with Gasteiger partial charge in [-0.05, 0) is 56.1 Å². The van der Waals surface area contributed by atoms with Gasteiger partial charge in [0.2, 0.25) is 0 Å². The molecule has 3 heteroatoms. The molecule has 2 aliphatic carbocycles. The van der Waals surface area contributed by atoms with Crippen LogP contribution in [-0.4, -0.2) is 6.54 Å². The maximum absolute atomic E-state index is 13.8. The summed E-state index contributed by atoms with van der Waals surface area (Å²) in [6.07, 6.45) is 5.53. The van der Waals surface area contributed by atoms with Crippen LogP contribution in [-0.2, 0) is 0 Å². The van der Waals surface area contributed by atoms with Crippen LogP contribution in [0, 0.1) is 17.2 Å². The van der Waals surface area contributed by atoms with Crippen LogP contribution < -0.4 is 5.32 Å². The highest BCUT2D eigenvalue weighted by Crippen LogP contribution is 2.60. The first-order chi connectivity index (χ1) is 8.61. The quantitative estimate of drug-likeness (QED) is 0.848. The predicted octanol–water partition coefficient (Wildman–Crippen LogP) is 4.43. The van der Waals surface area contributed by atoms with E-state index in [0.29, 0.717) is 5.41 Å². The van der Waals surface area contributed by atoms with Gasteiger partial charge in [-0.25, -0.2) is 4.39 Å². The van der Waals surface area contributed by atoms with E-state index < -0.39 is 0 Å². The third-order valence-corrected chi connectivity index (χ3v) is 5.02. The molecule has 0 amide bonds. The number of benzene rings is 1. The van der Waals surface area contributed by atoms with Crippen LogP contribution >= 0.6 is 15.9 Å². The summed E-state index contributed by atoms with van der Waals surface area (Å²) in [6.45, 7) is 3.10. The fraction of sp³-hybridized carbons (Fsp3) is 0.600.